The predicted molar refractivity (Wildman–Crippen MR) is 67.2 cm³/mol. The molecule has 0 fully saturated rings. The lowest BCUT2D eigenvalue weighted by molar-refractivity contribution is 0.506. The van der Waals surface area contributed by atoms with E-state index in [2.05, 4.69) is 5.32 Å². The third-order valence-electron chi connectivity index (χ3n) is 2.17. The summed E-state index contributed by atoms with van der Waals surface area (Å²) in [5.74, 6) is 0.935. The molecule has 2 aromatic rings. The van der Waals surface area contributed by atoms with Crippen molar-refractivity contribution in [2.45, 2.75) is 6.54 Å². The van der Waals surface area contributed by atoms with E-state index >= 15 is 0 Å². The smallest absolute Gasteiger partial charge is 0.203 e. The van der Waals surface area contributed by atoms with E-state index in [4.69, 9.17) is 32.9 Å². The van der Waals surface area contributed by atoms with Gasteiger partial charge >= 0.3 is 0 Å². The van der Waals surface area contributed by atoms with Gasteiger partial charge in [0.15, 0.2) is 0 Å². The van der Waals surface area contributed by atoms with Crippen LogP contribution in [-0.2, 0) is 6.54 Å². The van der Waals surface area contributed by atoms with Crippen molar-refractivity contribution in [2.24, 2.45) is 0 Å². The van der Waals surface area contributed by atoms with E-state index in [0.29, 0.717) is 28.0 Å². The summed E-state index contributed by atoms with van der Waals surface area (Å²) in [7, 11) is 0. The van der Waals surface area contributed by atoms with Crippen LogP contribution in [0.25, 0.3) is 0 Å². The van der Waals surface area contributed by atoms with Crippen LogP contribution >= 0.6 is 23.2 Å². The molecule has 17 heavy (non-hydrogen) atoms. The Morgan fingerprint density at radius 3 is 2.47 bits per heavy atom. The van der Waals surface area contributed by atoms with E-state index < -0.39 is 0 Å². The minimum atomic E-state index is 0.284. The average Bonchev–Trinajstić information content (AvgIpc) is 2.76. The van der Waals surface area contributed by atoms with Crippen LogP contribution in [0.5, 0.6) is 0 Å². The standard InChI is InChI=1S/C12H8Cl2N2O/c13-10-2-1-3-11(14)12(10)16-7-9-5-4-8(6-15)17-9/h1-5,16H,7H2. The van der Waals surface area contributed by atoms with E-state index in [1.54, 1.807) is 30.3 Å². The molecule has 1 N–H and O–H groups in total. The van der Waals surface area contributed by atoms with Crippen LogP contribution in [0, 0.1) is 11.3 Å². The molecule has 3 nitrogen and oxygen atoms in total. The molecule has 0 amide bonds. The highest BCUT2D eigenvalue weighted by molar-refractivity contribution is 6.39. The van der Waals surface area contributed by atoms with Crippen molar-refractivity contribution in [2.75, 3.05) is 5.32 Å². The van der Waals surface area contributed by atoms with Gasteiger partial charge in [-0.25, -0.2) is 0 Å². The summed E-state index contributed by atoms with van der Waals surface area (Å²) < 4.78 is 5.22. The third-order valence-corrected chi connectivity index (χ3v) is 2.80. The molecule has 0 atom stereocenters. The molecule has 0 bridgehead atoms. The summed E-state index contributed by atoms with van der Waals surface area (Å²) in [6.07, 6.45) is 0. The van der Waals surface area contributed by atoms with Crippen molar-refractivity contribution >= 4 is 28.9 Å². The zero-order chi connectivity index (χ0) is 12.3. The Bertz CT molecular complexity index is 552. The van der Waals surface area contributed by atoms with Crippen LogP contribution in [0.15, 0.2) is 34.7 Å². The SMILES string of the molecule is N#Cc1ccc(CNc2c(Cl)cccc2Cl)o1. The number of benzene rings is 1. The van der Waals surface area contributed by atoms with Gasteiger partial charge in [0.1, 0.15) is 11.8 Å². The van der Waals surface area contributed by atoms with Crippen molar-refractivity contribution in [1.29, 1.82) is 5.26 Å². The van der Waals surface area contributed by atoms with Crippen molar-refractivity contribution in [3.63, 3.8) is 0 Å². The molecule has 0 aliphatic heterocycles. The Balaban J connectivity index is 2.10. The normalized spacial score (nSPS) is 9.94. The van der Waals surface area contributed by atoms with E-state index in [9.17, 15) is 0 Å². The Kier molecular flexibility index (Phi) is 3.58. The summed E-state index contributed by atoms with van der Waals surface area (Å²) in [5.41, 5.74) is 0.658. The highest BCUT2D eigenvalue weighted by Crippen LogP contribution is 2.30. The molecule has 0 unspecified atom stereocenters. The number of nitriles is 1. The Morgan fingerprint density at radius 2 is 1.88 bits per heavy atom. The van der Waals surface area contributed by atoms with Gasteiger partial charge in [0.2, 0.25) is 5.76 Å². The fraction of sp³-hybridized carbons (Fsp3) is 0.0833. The second kappa shape index (κ2) is 5.13. The number of rotatable bonds is 3. The van der Waals surface area contributed by atoms with E-state index in [1.165, 1.54) is 0 Å². The molecule has 0 aliphatic carbocycles. The van der Waals surface area contributed by atoms with Crippen LogP contribution < -0.4 is 5.32 Å². The minimum absolute atomic E-state index is 0.284. The van der Waals surface area contributed by atoms with E-state index in [-0.39, 0.29) is 5.76 Å². The first kappa shape index (κ1) is 11.8. The molecule has 0 saturated carbocycles. The zero-order valence-electron chi connectivity index (χ0n) is 8.71. The molecule has 0 aliphatic rings. The average molecular weight is 267 g/mol. The number of halogens is 2. The maximum Gasteiger partial charge on any atom is 0.203 e. The van der Waals surface area contributed by atoms with E-state index in [0.717, 1.165) is 0 Å². The van der Waals surface area contributed by atoms with Crippen LogP contribution in [-0.4, -0.2) is 0 Å². The molecule has 5 heteroatoms. The topological polar surface area (TPSA) is 49.0 Å². The molecular weight excluding hydrogens is 259 g/mol. The molecule has 0 radical (unpaired) electrons. The van der Waals surface area contributed by atoms with Gasteiger partial charge in [-0.3, -0.25) is 0 Å². The number of hydrogen-bond acceptors (Lipinski definition) is 3. The van der Waals surface area contributed by atoms with Crippen molar-refractivity contribution in [1.82, 2.24) is 0 Å². The van der Waals surface area contributed by atoms with Gasteiger partial charge in [-0.1, -0.05) is 29.3 Å². The second-order valence-corrected chi connectivity index (χ2v) is 4.14. The molecule has 86 valence electrons. The second-order valence-electron chi connectivity index (χ2n) is 3.33. The molecule has 0 spiro atoms. The first-order chi connectivity index (χ1) is 8.20. The third kappa shape index (κ3) is 2.73. The van der Waals surface area contributed by atoms with Gasteiger partial charge in [-0.05, 0) is 24.3 Å². The van der Waals surface area contributed by atoms with Crippen LogP contribution in [0.4, 0.5) is 5.69 Å². The summed E-state index contributed by atoms with van der Waals surface area (Å²) >= 11 is 12.0. The maximum atomic E-state index is 8.62. The predicted octanol–water partition coefficient (Wildman–Crippen LogP) is 4.07. The maximum absolute atomic E-state index is 8.62. The van der Waals surface area contributed by atoms with Crippen LogP contribution in [0.3, 0.4) is 0 Å². The highest BCUT2D eigenvalue weighted by atomic mass is 35.5. The zero-order valence-corrected chi connectivity index (χ0v) is 10.2. The van der Waals surface area contributed by atoms with Crippen molar-refractivity contribution in [3.8, 4) is 6.07 Å². The van der Waals surface area contributed by atoms with Crippen LogP contribution in [0.1, 0.15) is 11.5 Å². The number of anilines is 1. The highest BCUT2D eigenvalue weighted by Gasteiger charge is 2.06. The monoisotopic (exact) mass is 266 g/mol. The van der Waals surface area contributed by atoms with Gasteiger partial charge in [0.05, 0.1) is 22.3 Å². The van der Waals surface area contributed by atoms with Gasteiger partial charge in [-0.15, -0.1) is 0 Å². The molecule has 1 aromatic carbocycles. The lowest BCUT2D eigenvalue weighted by Gasteiger charge is -2.08. The largest absolute Gasteiger partial charge is 0.449 e. The summed E-state index contributed by atoms with van der Waals surface area (Å²) in [6, 6.07) is 10.5. The lowest BCUT2D eigenvalue weighted by atomic mass is 10.3. The lowest BCUT2D eigenvalue weighted by Crippen LogP contribution is -1.99. The van der Waals surface area contributed by atoms with Gasteiger partial charge in [0.25, 0.3) is 0 Å². The fourth-order valence-corrected chi connectivity index (χ4v) is 1.91. The Hall–Kier alpha value is -1.63. The number of furan rings is 1. The van der Waals surface area contributed by atoms with E-state index in [1.807, 2.05) is 6.07 Å². The van der Waals surface area contributed by atoms with Gasteiger partial charge in [0, 0.05) is 0 Å². The number of nitrogens with zero attached hydrogens (tertiary/aromatic N) is 1. The minimum Gasteiger partial charge on any atom is -0.449 e. The van der Waals surface area contributed by atoms with Crippen LogP contribution in [0.2, 0.25) is 10.0 Å². The first-order valence-electron chi connectivity index (χ1n) is 4.87. The summed E-state index contributed by atoms with van der Waals surface area (Å²) in [5, 5.41) is 12.8. The quantitative estimate of drug-likeness (QED) is 0.911. The molecular formula is C12H8Cl2N2O. The molecule has 1 heterocycles. The van der Waals surface area contributed by atoms with Gasteiger partial charge in [-0.2, -0.15) is 5.26 Å². The Labute approximate surface area is 109 Å². The molecule has 2 rings (SSSR count). The number of hydrogen-bond donors (Lipinski definition) is 1. The van der Waals surface area contributed by atoms with Crippen molar-refractivity contribution < 1.29 is 4.42 Å². The van der Waals surface area contributed by atoms with Crippen molar-refractivity contribution in [3.05, 3.63) is 51.9 Å². The fourth-order valence-electron chi connectivity index (χ4n) is 1.38. The molecule has 1 aromatic heterocycles. The van der Waals surface area contributed by atoms with Gasteiger partial charge < -0.3 is 9.73 Å². The Morgan fingerprint density at radius 1 is 1.18 bits per heavy atom. The molecule has 0 saturated heterocycles. The summed E-state index contributed by atoms with van der Waals surface area (Å²) in [6.45, 7) is 0.422. The summed E-state index contributed by atoms with van der Waals surface area (Å²) in [4.78, 5) is 0. The number of nitrogens with one attached hydrogen (secondary N) is 1. The first-order valence-corrected chi connectivity index (χ1v) is 5.63. The number of para-hydroxylation sites is 1.